The summed E-state index contributed by atoms with van der Waals surface area (Å²) in [6.45, 7) is 0.326. The Morgan fingerprint density at radius 3 is 2.28 bits per heavy atom. The van der Waals surface area contributed by atoms with Gasteiger partial charge in [0, 0.05) is 6.54 Å². The third-order valence-electron chi connectivity index (χ3n) is 5.46. The van der Waals surface area contributed by atoms with Crippen LogP contribution in [0.2, 0.25) is 0 Å². The molecule has 0 aliphatic heterocycles. The molecule has 0 spiro atoms. The van der Waals surface area contributed by atoms with Crippen molar-refractivity contribution in [2.75, 3.05) is 0 Å². The number of hydrogen-bond acceptors (Lipinski definition) is 3. The lowest BCUT2D eigenvalue weighted by Gasteiger charge is -2.54. The van der Waals surface area contributed by atoms with Gasteiger partial charge in [0.2, 0.25) is 0 Å². The number of nitrogens with two attached hydrogens (primary N) is 1. The molecule has 1 aromatic rings. The summed E-state index contributed by atoms with van der Waals surface area (Å²) in [5.41, 5.74) is 6.25. The predicted octanol–water partition coefficient (Wildman–Crippen LogP) is 2.04. The minimum atomic E-state index is 0.270. The first-order chi connectivity index (χ1) is 8.74. The van der Waals surface area contributed by atoms with Gasteiger partial charge in [-0.15, -0.1) is 0 Å². The van der Waals surface area contributed by atoms with Gasteiger partial charge in [-0.25, -0.2) is 0 Å². The van der Waals surface area contributed by atoms with Gasteiger partial charge in [-0.3, -0.25) is 4.68 Å². The van der Waals surface area contributed by atoms with Gasteiger partial charge >= 0.3 is 0 Å². The normalized spacial score (nSPS) is 41.5. The fourth-order valence-corrected chi connectivity index (χ4v) is 5.05. The minimum Gasteiger partial charge on any atom is -0.504 e. The Morgan fingerprint density at radius 2 is 1.78 bits per heavy atom. The summed E-state index contributed by atoms with van der Waals surface area (Å²) in [7, 11) is 0. The molecule has 4 saturated carbocycles. The highest BCUT2D eigenvalue weighted by Gasteiger charge is 2.49. The molecular formula is C14H21N3O. The quantitative estimate of drug-likeness (QED) is 0.840. The molecule has 1 aromatic heterocycles. The Morgan fingerprint density at radius 1 is 1.17 bits per heavy atom. The van der Waals surface area contributed by atoms with Crippen LogP contribution in [0.3, 0.4) is 0 Å². The van der Waals surface area contributed by atoms with Crippen molar-refractivity contribution >= 4 is 0 Å². The van der Waals surface area contributed by atoms with E-state index in [1.165, 1.54) is 32.1 Å². The fourth-order valence-electron chi connectivity index (χ4n) is 5.05. The molecule has 0 atom stereocenters. The number of nitrogens with zero attached hydrogens (tertiary/aromatic N) is 2. The van der Waals surface area contributed by atoms with E-state index in [1.807, 2.05) is 4.68 Å². The minimum absolute atomic E-state index is 0.270. The molecule has 1 heterocycles. The van der Waals surface area contributed by atoms with E-state index in [0.29, 0.717) is 18.3 Å². The molecular weight excluding hydrogens is 226 g/mol. The Labute approximate surface area is 107 Å². The molecule has 0 radical (unpaired) electrons. The van der Waals surface area contributed by atoms with Crippen LogP contribution in [0.25, 0.3) is 0 Å². The van der Waals surface area contributed by atoms with Crippen molar-refractivity contribution in [2.45, 2.75) is 44.7 Å². The lowest BCUT2D eigenvalue weighted by Crippen LogP contribution is -2.46. The molecule has 4 fully saturated rings. The van der Waals surface area contributed by atoms with Gasteiger partial charge in [-0.2, -0.15) is 5.10 Å². The lowest BCUT2D eigenvalue weighted by atomic mass is 9.54. The number of aromatic hydroxyl groups is 1. The molecule has 3 N–H and O–H groups in total. The molecule has 0 saturated heterocycles. The third kappa shape index (κ3) is 1.44. The molecule has 5 rings (SSSR count). The van der Waals surface area contributed by atoms with Gasteiger partial charge in [0.15, 0.2) is 5.75 Å². The van der Waals surface area contributed by atoms with Crippen molar-refractivity contribution in [3.63, 3.8) is 0 Å². The van der Waals surface area contributed by atoms with Crippen LogP contribution in [0, 0.1) is 23.7 Å². The SMILES string of the molecule is NCc1nn(C2C3CC4CC(C3)CC2C4)cc1O. The summed E-state index contributed by atoms with van der Waals surface area (Å²) in [6.07, 6.45) is 8.76. The van der Waals surface area contributed by atoms with E-state index in [-0.39, 0.29) is 5.75 Å². The van der Waals surface area contributed by atoms with Crippen LogP contribution in [0.15, 0.2) is 6.20 Å². The van der Waals surface area contributed by atoms with Crippen LogP contribution in [0.1, 0.15) is 43.8 Å². The van der Waals surface area contributed by atoms with E-state index in [2.05, 4.69) is 5.10 Å². The number of aromatic nitrogens is 2. The molecule has 0 amide bonds. The maximum Gasteiger partial charge on any atom is 0.158 e. The van der Waals surface area contributed by atoms with Crippen LogP contribution >= 0.6 is 0 Å². The standard InChI is InChI=1S/C14H21N3O/c15-6-12-13(18)7-17(16-12)14-10-2-8-1-9(4-10)5-11(14)3-8/h7-11,14,18H,1-6,15H2. The van der Waals surface area contributed by atoms with Gasteiger partial charge in [-0.1, -0.05) is 0 Å². The van der Waals surface area contributed by atoms with Crippen molar-refractivity contribution in [3.05, 3.63) is 11.9 Å². The zero-order valence-corrected chi connectivity index (χ0v) is 10.6. The third-order valence-corrected chi connectivity index (χ3v) is 5.46. The number of rotatable bonds is 2. The lowest BCUT2D eigenvalue weighted by molar-refractivity contribution is -0.0338. The van der Waals surface area contributed by atoms with E-state index >= 15 is 0 Å². The Kier molecular flexibility index (Phi) is 2.25. The Bertz CT molecular complexity index is 440. The van der Waals surface area contributed by atoms with E-state index < -0.39 is 0 Å². The second-order valence-electron chi connectivity index (χ2n) is 6.57. The largest absolute Gasteiger partial charge is 0.504 e. The molecule has 0 unspecified atom stereocenters. The molecule has 4 aliphatic carbocycles. The van der Waals surface area contributed by atoms with Crippen molar-refractivity contribution in [1.82, 2.24) is 9.78 Å². The zero-order valence-electron chi connectivity index (χ0n) is 10.6. The van der Waals surface area contributed by atoms with Gasteiger partial charge in [-0.05, 0) is 55.8 Å². The number of hydrogen-bond donors (Lipinski definition) is 2. The molecule has 4 bridgehead atoms. The van der Waals surface area contributed by atoms with Gasteiger partial charge < -0.3 is 10.8 Å². The van der Waals surface area contributed by atoms with Crippen LogP contribution in [-0.4, -0.2) is 14.9 Å². The first kappa shape index (κ1) is 10.9. The summed E-state index contributed by atoms with van der Waals surface area (Å²) < 4.78 is 2.03. The topological polar surface area (TPSA) is 64.1 Å². The maximum atomic E-state index is 9.82. The van der Waals surface area contributed by atoms with E-state index in [0.717, 1.165) is 23.7 Å². The summed E-state index contributed by atoms with van der Waals surface area (Å²) in [5.74, 6) is 3.78. The molecule has 98 valence electrons. The summed E-state index contributed by atoms with van der Waals surface area (Å²) >= 11 is 0. The van der Waals surface area contributed by atoms with Gasteiger partial charge in [0.25, 0.3) is 0 Å². The van der Waals surface area contributed by atoms with Gasteiger partial charge in [0.05, 0.1) is 12.2 Å². The maximum absolute atomic E-state index is 9.82. The Balaban J connectivity index is 1.67. The van der Waals surface area contributed by atoms with Crippen LogP contribution in [0.4, 0.5) is 0 Å². The van der Waals surface area contributed by atoms with E-state index in [1.54, 1.807) is 6.20 Å². The molecule has 18 heavy (non-hydrogen) atoms. The molecule has 4 heteroatoms. The summed E-state index contributed by atoms with van der Waals surface area (Å²) in [5, 5.41) is 14.3. The van der Waals surface area contributed by atoms with Crippen molar-refractivity contribution < 1.29 is 5.11 Å². The smallest absolute Gasteiger partial charge is 0.158 e. The predicted molar refractivity (Wildman–Crippen MR) is 67.9 cm³/mol. The van der Waals surface area contributed by atoms with Crippen LogP contribution in [0.5, 0.6) is 5.75 Å². The van der Waals surface area contributed by atoms with Gasteiger partial charge in [0.1, 0.15) is 5.69 Å². The Hall–Kier alpha value is -1.03. The second kappa shape index (κ2) is 3.73. The van der Waals surface area contributed by atoms with Crippen molar-refractivity contribution in [3.8, 4) is 5.75 Å². The van der Waals surface area contributed by atoms with E-state index in [9.17, 15) is 5.11 Å². The van der Waals surface area contributed by atoms with Crippen molar-refractivity contribution in [2.24, 2.45) is 29.4 Å². The van der Waals surface area contributed by atoms with E-state index in [4.69, 9.17) is 5.73 Å². The zero-order chi connectivity index (χ0) is 12.3. The van der Waals surface area contributed by atoms with Crippen LogP contribution in [-0.2, 0) is 6.54 Å². The van der Waals surface area contributed by atoms with Crippen molar-refractivity contribution in [1.29, 1.82) is 0 Å². The first-order valence-electron chi connectivity index (χ1n) is 7.21. The summed E-state index contributed by atoms with van der Waals surface area (Å²) in [6, 6.07) is 0.518. The fraction of sp³-hybridized carbons (Fsp3) is 0.786. The van der Waals surface area contributed by atoms with Crippen LogP contribution < -0.4 is 5.73 Å². The monoisotopic (exact) mass is 247 g/mol. The average Bonchev–Trinajstić information content (AvgIpc) is 2.69. The highest BCUT2D eigenvalue weighted by molar-refractivity contribution is 5.23. The molecule has 4 nitrogen and oxygen atoms in total. The highest BCUT2D eigenvalue weighted by Crippen LogP contribution is 2.58. The summed E-state index contributed by atoms with van der Waals surface area (Å²) in [4.78, 5) is 0. The second-order valence-corrected chi connectivity index (χ2v) is 6.57. The highest BCUT2D eigenvalue weighted by atomic mass is 16.3. The first-order valence-corrected chi connectivity index (χ1v) is 7.21. The average molecular weight is 247 g/mol. The molecule has 4 aliphatic rings. The molecule has 0 aromatic carbocycles.